The van der Waals surface area contributed by atoms with Crippen LogP contribution in [0.5, 0.6) is 0 Å². The molecule has 0 aromatic carbocycles. The molecule has 6 nitrogen and oxygen atoms in total. The zero-order chi connectivity index (χ0) is 10.9. The van der Waals surface area contributed by atoms with Crippen molar-refractivity contribution in [2.75, 3.05) is 7.11 Å². The Bertz CT molecular complexity index is 218. The van der Waals surface area contributed by atoms with Gasteiger partial charge in [0.2, 0.25) is 0 Å². The Morgan fingerprint density at radius 3 is 2.36 bits per heavy atom. The van der Waals surface area contributed by atoms with E-state index in [0.717, 1.165) is 0 Å². The summed E-state index contributed by atoms with van der Waals surface area (Å²) in [7, 11) is 1.26. The maximum atomic E-state index is 10.7. The van der Waals surface area contributed by atoms with Crippen molar-refractivity contribution < 1.29 is 29.6 Å². The van der Waals surface area contributed by atoms with Gasteiger partial charge >= 0.3 is 5.97 Å². The summed E-state index contributed by atoms with van der Waals surface area (Å²) in [4.78, 5) is 10.7. The number of aliphatic carboxylic acids is 1. The van der Waals surface area contributed by atoms with Gasteiger partial charge in [-0.15, -0.1) is 0 Å². The average Bonchev–Trinajstić information content (AvgIpc) is 2.13. The molecule has 6 heteroatoms. The van der Waals surface area contributed by atoms with Crippen LogP contribution in [0.1, 0.15) is 6.92 Å². The van der Waals surface area contributed by atoms with E-state index in [4.69, 9.17) is 14.6 Å². The highest BCUT2D eigenvalue weighted by Crippen LogP contribution is 2.22. The Hall–Kier alpha value is -0.690. The Kier molecular flexibility index (Phi) is 3.43. The molecule has 1 aliphatic rings. The van der Waals surface area contributed by atoms with E-state index in [0.29, 0.717) is 0 Å². The van der Waals surface area contributed by atoms with E-state index in [1.807, 2.05) is 0 Å². The summed E-state index contributed by atoms with van der Waals surface area (Å²) in [5.41, 5.74) is 0. The lowest BCUT2D eigenvalue weighted by Crippen LogP contribution is -2.59. The monoisotopic (exact) mass is 206 g/mol. The molecule has 5 atom stereocenters. The number of hydrogen-bond acceptors (Lipinski definition) is 5. The van der Waals surface area contributed by atoms with Gasteiger partial charge in [-0.05, 0) is 6.92 Å². The van der Waals surface area contributed by atoms with E-state index in [1.54, 1.807) is 0 Å². The second-order valence-corrected chi connectivity index (χ2v) is 3.28. The molecule has 3 N–H and O–H groups in total. The number of carboxylic acids is 1. The molecule has 82 valence electrons. The van der Waals surface area contributed by atoms with Crippen LogP contribution in [-0.4, -0.2) is 58.9 Å². The zero-order valence-corrected chi connectivity index (χ0v) is 7.95. The molecule has 0 spiro atoms. The van der Waals surface area contributed by atoms with Crippen LogP contribution in [0.4, 0.5) is 0 Å². The van der Waals surface area contributed by atoms with Gasteiger partial charge in [0.25, 0.3) is 0 Å². The SMILES string of the molecule is CO[C@H]1C(C(=O)O)O[C@H](C)C(O)C1O. The first kappa shape index (κ1) is 11.4. The maximum Gasteiger partial charge on any atom is 0.335 e. The van der Waals surface area contributed by atoms with Gasteiger partial charge in [-0.3, -0.25) is 0 Å². The molecule has 0 radical (unpaired) electrons. The minimum atomic E-state index is -1.25. The summed E-state index contributed by atoms with van der Waals surface area (Å²) < 4.78 is 9.78. The van der Waals surface area contributed by atoms with Crippen molar-refractivity contribution in [1.29, 1.82) is 0 Å². The second-order valence-electron chi connectivity index (χ2n) is 3.28. The Labute approximate surface area is 81.1 Å². The van der Waals surface area contributed by atoms with E-state index in [2.05, 4.69) is 0 Å². The molecule has 1 aliphatic heterocycles. The molecular weight excluding hydrogens is 192 g/mol. The van der Waals surface area contributed by atoms with Crippen LogP contribution in [0.25, 0.3) is 0 Å². The molecule has 0 aromatic rings. The van der Waals surface area contributed by atoms with Gasteiger partial charge in [0.15, 0.2) is 6.10 Å². The van der Waals surface area contributed by atoms with Gasteiger partial charge in [0.1, 0.15) is 18.3 Å². The van der Waals surface area contributed by atoms with Crippen LogP contribution in [0.15, 0.2) is 0 Å². The van der Waals surface area contributed by atoms with Crippen LogP contribution in [0.2, 0.25) is 0 Å². The summed E-state index contributed by atoms with van der Waals surface area (Å²) in [6.45, 7) is 1.50. The normalized spacial score (nSPS) is 43.6. The fourth-order valence-electron chi connectivity index (χ4n) is 1.50. The van der Waals surface area contributed by atoms with Crippen molar-refractivity contribution in [2.45, 2.75) is 37.4 Å². The number of aliphatic hydroxyl groups is 2. The summed E-state index contributed by atoms with van der Waals surface area (Å²) in [5.74, 6) is -1.21. The van der Waals surface area contributed by atoms with Crippen molar-refractivity contribution in [3.05, 3.63) is 0 Å². The molecule has 1 saturated heterocycles. The number of carboxylic acid groups (broad SMARTS) is 1. The molecular formula is C8H14O6. The molecule has 0 aliphatic carbocycles. The van der Waals surface area contributed by atoms with E-state index >= 15 is 0 Å². The quantitative estimate of drug-likeness (QED) is 0.514. The topological polar surface area (TPSA) is 96.2 Å². The van der Waals surface area contributed by atoms with E-state index in [9.17, 15) is 15.0 Å². The molecule has 0 bridgehead atoms. The molecule has 1 rings (SSSR count). The highest BCUT2D eigenvalue weighted by molar-refractivity contribution is 5.73. The third-order valence-corrected chi connectivity index (χ3v) is 2.34. The number of ether oxygens (including phenoxy) is 2. The van der Waals surface area contributed by atoms with Gasteiger partial charge in [-0.2, -0.15) is 0 Å². The maximum absolute atomic E-state index is 10.7. The predicted molar refractivity (Wildman–Crippen MR) is 44.8 cm³/mol. The fourth-order valence-corrected chi connectivity index (χ4v) is 1.50. The smallest absolute Gasteiger partial charge is 0.335 e. The lowest BCUT2D eigenvalue weighted by molar-refractivity contribution is -0.229. The van der Waals surface area contributed by atoms with Crippen LogP contribution >= 0.6 is 0 Å². The van der Waals surface area contributed by atoms with Crippen molar-refractivity contribution >= 4 is 5.97 Å². The molecule has 0 amide bonds. The number of aliphatic hydroxyl groups excluding tert-OH is 2. The van der Waals surface area contributed by atoms with Gasteiger partial charge in [0.05, 0.1) is 6.10 Å². The average molecular weight is 206 g/mol. The minimum absolute atomic E-state index is 0.725. The first-order valence-electron chi connectivity index (χ1n) is 4.26. The lowest BCUT2D eigenvalue weighted by Gasteiger charge is -2.39. The molecule has 0 aromatic heterocycles. The third-order valence-electron chi connectivity index (χ3n) is 2.34. The van der Waals surface area contributed by atoms with E-state index < -0.39 is 36.5 Å². The minimum Gasteiger partial charge on any atom is -0.479 e. The number of rotatable bonds is 2. The third kappa shape index (κ3) is 1.88. The standard InChI is InChI=1S/C8H14O6/c1-3-4(9)5(10)6(13-2)7(14-3)8(11)12/h3-7,9-10H,1-2H3,(H,11,12)/t3-,4?,5?,6-,7?/m1/s1. The van der Waals surface area contributed by atoms with Crippen molar-refractivity contribution in [1.82, 2.24) is 0 Å². The number of hydrogen-bond donors (Lipinski definition) is 3. The van der Waals surface area contributed by atoms with E-state index in [-0.39, 0.29) is 0 Å². The molecule has 1 fully saturated rings. The van der Waals surface area contributed by atoms with Gasteiger partial charge in [-0.1, -0.05) is 0 Å². The van der Waals surface area contributed by atoms with Crippen LogP contribution < -0.4 is 0 Å². The van der Waals surface area contributed by atoms with Crippen LogP contribution in [-0.2, 0) is 14.3 Å². The molecule has 1 heterocycles. The summed E-state index contributed by atoms with van der Waals surface area (Å²) >= 11 is 0. The second kappa shape index (κ2) is 4.22. The summed E-state index contributed by atoms with van der Waals surface area (Å²) in [6.07, 6.45) is -5.38. The van der Waals surface area contributed by atoms with Gasteiger partial charge < -0.3 is 24.8 Å². The lowest BCUT2D eigenvalue weighted by atomic mass is 9.95. The van der Waals surface area contributed by atoms with Crippen LogP contribution in [0, 0.1) is 0 Å². The van der Waals surface area contributed by atoms with Gasteiger partial charge in [0, 0.05) is 7.11 Å². The Morgan fingerprint density at radius 1 is 1.36 bits per heavy atom. The predicted octanol–water partition coefficient (Wildman–Crippen LogP) is -1.40. The summed E-state index contributed by atoms with van der Waals surface area (Å²) in [6, 6.07) is 0. The Morgan fingerprint density at radius 2 is 1.93 bits per heavy atom. The first-order valence-corrected chi connectivity index (χ1v) is 4.26. The fraction of sp³-hybridized carbons (Fsp3) is 0.875. The molecule has 3 unspecified atom stereocenters. The highest BCUT2D eigenvalue weighted by atomic mass is 16.6. The molecule has 0 saturated carbocycles. The summed E-state index contributed by atoms with van der Waals surface area (Å²) in [5, 5.41) is 27.7. The largest absolute Gasteiger partial charge is 0.479 e. The number of carbonyl (C=O) groups is 1. The highest BCUT2D eigenvalue weighted by Gasteiger charge is 2.46. The van der Waals surface area contributed by atoms with Crippen molar-refractivity contribution in [3.8, 4) is 0 Å². The van der Waals surface area contributed by atoms with E-state index in [1.165, 1.54) is 14.0 Å². The molecule has 14 heavy (non-hydrogen) atoms. The Balaban J connectivity index is 2.82. The van der Waals surface area contributed by atoms with Crippen molar-refractivity contribution in [2.24, 2.45) is 0 Å². The number of methoxy groups -OCH3 is 1. The first-order chi connectivity index (χ1) is 6.49. The zero-order valence-electron chi connectivity index (χ0n) is 7.95. The van der Waals surface area contributed by atoms with Crippen molar-refractivity contribution in [3.63, 3.8) is 0 Å². The van der Waals surface area contributed by atoms with Gasteiger partial charge in [-0.25, -0.2) is 4.79 Å². The van der Waals surface area contributed by atoms with Crippen LogP contribution in [0.3, 0.4) is 0 Å².